The Bertz CT molecular complexity index is 1590. The number of sulfonamides is 1. The first-order valence-electron chi connectivity index (χ1n) is 12.8. The van der Waals surface area contributed by atoms with E-state index in [9.17, 15) is 18.0 Å². The molecule has 4 aromatic rings. The van der Waals surface area contributed by atoms with Crippen molar-refractivity contribution in [1.29, 1.82) is 0 Å². The molecule has 0 bridgehead atoms. The standard InChI is InChI=1S/C31H29ClFN3O4S/c1-34-31(38)29(20-23-10-4-2-5-11-23)35(21-24-16-18-25(32)19-17-24)30(37)22-36(28-15-9-8-14-27(28)33)41(39,40)26-12-6-3-7-13-26/h2-19,29H,20-22H2,1H3,(H,34,38)/t29-/m1/s1. The number of rotatable bonds is 11. The van der Waals surface area contributed by atoms with Crippen LogP contribution in [0.5, 0.6) is 0 Å². The van der Waals surface area contributed by atoms with E-state index < -0.39 is 40.2 Å². The van der Waals surface area contributed by atoms with Crippen LogP contribution in [-0.4, -0.2) is 44.8 Å². The fraction of sp³-hybridized carbons (Fsp3) is 0.161. The Hall–Kier alpha value is -4.21. The zero-order valence-electron chi connectivity index (χ0n) is 22.3. The zero-order chi connectivity index (χ0) is 29.4. The number of hydrogen-bond acceptors (Lipinski definition) is 4. The normalized spacial score (nSPS) is 11.9. The van der Waals surface area contributed by atoms with E-state index in [1.165, 1.54) is 42.3 Å². The van der Waals surface area contributed by atoms with Crippen molar-refractivity contribution >= 4 is 39.1 Å². The van der Waals surface area contributed by atoms with Gasteiger partial charge in [0, 0.05) is 25.0 Å². The Labute approximate surface area is 244 Å². The number of halogens is 2. The molecule has 1 atom stereocenters. The molecule has 0 unspecified atom stereocenters. The number of anilines is 1. The number of hydrogen-bond donors (Lipinski definition) is 1. The molecular formula is C31H29ClFN3O4S. The molecule has 0 aliphatic heterocycles. The Morgan fingerprint density at radius 1 is 0.829 bits per heavy atom. The van der Waals surface area contributed by atoms with E-state index >= 15 is 4.39 Å². The predicted octanol–water partition coefficient (Wildman–Crippen LogP) is 5.06. The molecule has 41 heavy (non-hydrogen) atoms. The molecule has 0 saturated carbocycles. The molecule has 0 aliphatic rings. The van der Waals surface area contributed by atoms with Crippen LogP contribution in [0.4, 0.5) is 10.1 Å². The summed E-state index contributed by atoms with van der Waals surface area (Å²) in [4.78, 5) is 28.6. The highest BCUT2D eigenvalue weighted by Crippen LogP contribution is 2.27. The van der Waals surface area contributed by atoms with Crippen molar-refractivity contribution in [1.82, 2.24) is 10.2 Å². The van der Waals surface area contributed by atoms with Gasteiger partial charge in [0.25, 0.3) is 10.0 Å². The number of nitrogens with one attached hydrogen (secondary N) is 1. The van der Waals surface area contributed by atoms with Crippen molar-refractivity contribution in [2.45, 2.75) is 23.9 Å². The van der Waals surface area contributed by atoms with Gasteiger partial charge in [-0.25, -0.2) is 12.8 Å². The Morgan fingerprint density at radius 3 is 2.02 bits per heavy atom. The van der Waals surface area contributed by atoms with Crippen LogP contribution in [0.2, 0.25) is 5.02 Å². The van der Waals surface area contributed by atoms with Gasteiger partial charge in [0.15, 0.2) is 0 Å². The summed E-state index contributed by atoms with van der Waals surface area (Å²) < 4.78 is 43.4. The molecule has 1 N–H and O–H groups in total. The molecule has 7 nitrogen and oxygen atoms in total. The van der Waals surface area contributed by atoms with Crippen LogP contribution in [0.25, 0.3) is 0 Å². The van der Waals surface area contributed by atoms with Gasteiger partial charge >= 0.3 is 0 Å². The van der Waals surface area contributed by atoms with Gasteiger partial charge in [-0.3, -0.25) is 13.9 Å². The van der Waals surface area contributed by atoms with Crippen LogP contribution >= 0.6 is 11.6 Å². The SMILES string of the molecule is CNC(=O)[C@@H](Cc1ccccc1)N(Cc1ccc(Cl)cc1)C(=O)CN(c1ccccc1F)S(=O)(=O)c1ccccc1. The van der Waals surface area contributed by atoms with Crippen molar-refractivity contribution in [3.05, 3.63) is 131 Å². The summed E-state index contributed by atoms with van der Waals surface area (Å²) in [6.07, 6.45) is 0.172. The highest BCUT2D eigenvalue weighted by Gasteiger charge is 2.35. The molecule has 0 fully saturated rings. The highest BCUT2D eigenvalue weighted by atomic mass is 35.5. The molecule has 4 aromatic carbocycles. The topological polar surface area (TPSA) is 86.8 Å². The second-order valence-electron chi connectivity index (χ2n) is 9.24. The third-order valence-corrected chi connectivity index (χ3v) is 8.54. The van der Waals surface area contributed by atoms with Gasteiger partial charge in [-0.05, 0) is 47.5 Å². The average Bonchev–Trinajstić information content (AvgIpc) is 2.99. The van der Waals surface area contributed by atoms with Crippen molar-refractivity contribution in [2.24, 2.45) is 0 Å². The smallest absolute Gasteiger partial charge is 0.264 e. The maximum atomic E-state index is 15.0. The van der Waals surface area contributed by atoms with Crippen molar-refractivity contribution < 1.29 is 22.4 Å². The fourth-order valence-electron chi connectivity index (χ4n) is 4.39. The van der Waals surface area contributed by atoms with Crippen molar-refractivity contribution in [3.8, 4) is 0 Å². The Balaban J connectivity index is 1.78. The van der Waals surface area contributed by atoms with E-state index in [0.717, 1.165) is 15.9 Å². The second-order valence-corrected chi connectivity index (χ2v) is 11.5. The molecule has 2 amide bonds. The third-order valence-electron chi connectivity index (χ3n) is 6.51. The van der Waals surface area contributed by atoms with Crippen LogP contribution < -0.4 is 9.62 Å². The zero-order valence-corrected chi connectivity index (χ0v) is 23.9. The monoisotopic (exact) mass is 593 g/mol. The van der Waals surface area contributed by atoms with E-state index in [4.69, 9.17) is 11.6 Å². The number of nitrogens with zero attached hydrogens (tertiary/aromatic N) is 2. The number of amides is 2. The average molecular weight is 594 g/mol. The van der Waals surface area contributed by atoms with Crippen LogP contribution in [0.15, 0.2) is 114 Å². The number of para-hydroxylation sites is 1. The number of benzene rings is 4. The van der Waals surface area contributed by atoms with Crippen molar-refractivity contribution in [3.63, 3.8) is 0 Å². The highest BCUT2D eigenvalue weighted by molar-refractivity contribution is 7.92. The molecule has 10 heteroatoms. The lowest BCUT2D eigenvalue weighted by Crippen LogP contribution is -2.53. The quantitative estimate of drug-likeness (QED) is 0.263. The summed E-state index contributed by atoms with van der Waals surface area (Å²) in [6, 6.07) is 27.8. The lowest BCUT2D eigenvalue weighted by Gasteiger charge is -2.33. The first-order chi connectivity index (χ1) is 19.7. The van der Waals surface area contributed by atoms with Crippen molar-refractivity contribution in [2.75, 3.05) is 17.9 Å². The van der Waals surface area contributed by atoms with Crippen LogP contribution in [-0.2, 0) is 32.6 Å². The third kappa shape index (κ3) is 7.31. The summed E-state index contributed by atoms with van der Waals surface area (Å²) >= 11 is 6.06. The van der Waals surface area contributed by atoms with E-state index in [1.54, 1.807) is 42.5 Å². The first-order valence-corrected chi connectivity index (χ1v) is 14.6. The summed E-state index contributed by atoms with van der Waals surface area (Å²) in [5, 5.41) is 3.12. The number of carbonyl (C=O) groups excluding carboxylic acids is 2. The van der Waals surface area contributed by atoms with Gasteiger partial charge in [0.05, 0.1) is 10.6 Å². The van der Waals surface area contributed by atoms with Gasteiger partial charge < -0.3 is 10.2 Å². The van der Waals surface area contributed by atoms with E-state index in [1.807, 2.05) is 30.3 Å². The molecule has 212 valence electrons. The summed E-state index contributed by atoms with van der Waals surface area (Å²) in [7, 11) is -2.90. The van der Waals surface area contributed by atoms with Crippen LogP contribution in [0.1, 0.15) is 11.1 Å². The molecule has 0 aromatic heterocycles. The summed E-state index contributed by atoms with van der Waals surface area (Å²) in [5.74, 6) is -1.93. The van der Waals surface area contributed by atoms with E-state index in [-0.39, 0.29) is 23.5 Å². The minimum atomic E-state index is -4.37. The van der Waals surface area contributed by atoms with Gasteiger partial charge in [-0.1, -0.05) is 84.4 Å². The van der Waals surface area contributed by atoms with Gasteiger partial charge in [0.2, 0.25) is 11.8 Å². The molecule has 0 aliphatic carbocycles. The number of likely N-dealkylation sites (N-methyl/N-ethyl adjacent to an activating group) is 1. The molecule has 0 heterocycles. The molecular weight excluding hydrogens is 565 g/mol. The maximum absolute atomic E-state index is 15.0. The minimum Gasteiger partial charge on any atom is -0.357 e. The van der Waals surface area contributed by atoms with Gasteiger partial charge in [0.1, 0.15) is 18.4 Å². The summed E-state index contributed by atoms with van der Waals surface area (Å²) in [6.45, 7) is -0.758. The second kappa shape index (κ2) is 13.4. The maximum Gasteiger partial charge on any atom is 0.264 e. The lowest BCUT2D eigenvalue weighted by molar-refractivity contribution is -0.139. The molecule has 0 spiro atoms. The van der Waals surface area contributed by atoms with E-state index in [2.05, 4.69) is 5.32 Å². The predicted molar refractivity (Wildman–Crippen MR) is 157 cm³/mol. The van der Waals surface area contributed by atoms with Crippen LogP contribution in [0.3, 0.4) is 0 Å². The molecule has 0 radical (unpaired) electrons. The minimum absolute atomic E-state index is 0.0164. The largest absolute Gasteiger partial charge is 0.357 e. The summed E-state index contributed by atoms with van der Waals surface area (Å²) in [5.41, 5.74) is 1.20. The first kappa shape index (κ1) is 29.8. The Kier molecular flexibility index (Phi) is 9.75. The Morgan fingerprint density at radius 2 is 1.41 bits per heavy atom. The van der Waals surface area contributed by atoms with E-state index in [0.29, 0.717) is 10.6 Å². The lowest BCUT2D eigenvalue weighted by atomic mass is 10.0. The van der Waals surface area contributed by atoms with Crippen LogP contribution in [0, 0.1) is 5.82 Å². The van der Waals surface area contributed by atoms with Gasteiger partial charge in [-0.15, -0.1) is 0 Å². The molecule has 0 saturated heterocycles. The van der Waals surface area contributed by atoms with Gasteiger partial charge in [-0.2, -0.15) is 0 Å². The fourth-order valence-corrected chi connectivity index (χ4v) is 5.96. The number of carbonyl (C=O) groups is 2. The molecule has 4 rings (SSSR count).